The summed E-state index contributed by atoms with van der Waals surface area (Å²) < 4.78 is 0. The molecule has 2 N–H and O–H groups in total. The Balaban J connectivity index is 2.05. The van der Waals surface area contributed by atoms with Crippen LogP contribution in [0.15, 0.2) is 18.2 Å². The average molecular weight is 282 g/mol. The van der Waals surface area contributed by atoms with E-state index in [9.17, 15) is 9.59 Å². The van der Waals surface area contributed by atoms with Gasteiger partial charge in [0.05, 0.1) is 6.42 Å². The SMILES string of the molecule is Cc1ccc(C(=O)NC(CC(=O)O)C2CC2)cc1Cl. The van der Waals surface area contributed by atoms with Crippen molar-refractivity contribution in [1.82, 2.24) is 5.32 Å². The van der Waals surface area contributed by atoms with Crippen LogP contribution in [0.1, 0.15) is 35.2 Å². The van der Waals surface area contributed by atoms with Gasteiger partial charge in [-0.05, 0) is 43.4 Å². The van der Waals surface area contributed by atoms with Gasteiger partial charge in [0.1, 0.15) is 0 Å². The molecule has 1 aromatic rings. The van der Waals surface area contributed by atoms with Crippen molar-refractivity contribution in [1.29, 1.82) is 0 Å². The lowest BCUT2D eigenvalue weighted by molar-refractivity contribution is -0.137. The molecule has 0 spiro atoms. The Kier molecular flexibility index (Phi) is 4.10. The minimum atomic E-state index is -0.890. The highest BCUT2D eigenvalue weighted by Gasteiger charge is 2.33. The highest BCUT2D eigenvalue weighted by Crippen LogP contribution is 2.34. The van der Waals surface area contributed by atoms with Gasteiger partial charge in [-0.2, -0.15) is 0 Å². The Morgan fingerprint density at radius 3 is 2.68 bits per heavy atom. The monoisotopic (exact) mass is 281 g/mol. The molecule has 1 aliphatic carbocycles. The number of carbonyl (C=O) groups excluding carboxylic acids is 1. The van der Waals surface area contributed by atoms with E-state index in [-0.39, 0.29) is 18.4 Å². The van der Waals surface area contributed by atoms with E-state index in [1.165, 1.54) is 0 Å². The molecule has 1 aliphatic rings. The molecule has 19 heavy (non-hydrogen) atoms. The lowest BCUT2D eigenvalue weighted by Gasteiger charge is -2.16. The highest BCUT2D eigenvalue weighted by molar-refractivity contribution is 6.31. The Hall–Kier alpha value is -1.55. The van der Waals surface area contributed by atoms with Crippen molar-refractivity contribution < 1.29 is 14.7 Å². The van der Waals surface area contributed by atoms with Crippen LogP contribution < -0.4 is 5.32 Å². The second-order valence-corrected chi connectivity index (χ2v) is 5.39. The molecule has 0 heterocycles. The standard InChI is InChI=1S/C14H16ClNO3/c1-8-2-3-10(6-11(8)15)14(19)16-12(7-13(17)18)9-4-5-9/h2-3,6,9,12H,4-5,7H2,1H3,(H,16,19)(H,17,18). The fourth-order valence-corrected chi connectivity index (χ4v) is 2.19. The summed E-state index contributed by atoms with van der Waals surface area (Å²) in [6, 6.07) is 4.80. The molecule has 0 aromatic heterocycles. The molecule has 1 aromatic carbocycles. The normalized spacial score (nSPS) is 15.9. The van der Waals surface area contributed by atoms with E-state index in [0.717, 1.165) is 18.4 Å². The van der Waals surface area contributed by atoms with E-state index in [1.807, 2.05) is 6.92 Å². The Labute approximate surface area is 116 Å². The molecule has 0 radical (unpaired) electrons. The predicted octanol–water partition coefficient (Wildman–Crippen LogP) is 2.63. The van der Waals surface area contributed by atoms with Gasteiger partial charge in [0.2, 0.25) is 0 Å². The molecule has 2 rings (SSSR count). The molecule has 1 unspecified atom stereocenters. The van der Waals surface area contributed by atoms with Gasteiger partial charge in [-0.25, -0.2) is 0 Å². The van der Waals surface area contributed by atoms with Gasteiger partial charge in [0, 0.05) is 16.6 Å². The van der Waals surface area contributed by atoms with Crippen molar-refractivity contribution >= 4 is 23.5 Å². The summed E-state index contributed by atoms with van der Waals surface area (Å²) in [5, 5.41) is 12.2. The maximum Gasteiger partial charge on any atom is 0.305 e. The molecule has 4 nitrogen and oxygen atoms in total. The summed E-state index contributed by atoms with van der Waals surface area (Å²) >= 11 is 5.98. The first-order chi connectivity index (χ1) is 8.97. The van der Waals surface area contributed by atoms with Crippen molar-refractivity contribution in [3.05, 3.63) is 34.3 Å². The zero-order chi connectivity index (χ0) is 14.0. The van der Waals surface area contributed by atoms with Gasteiger partial charge in [-0.15, -0.1) is 0 Å². The molecular weight excluding hydrogens is 266 g/mol. The van der Waals surface area contributed by atoms with Crippen LogP contribution >= 0.6 is 11.6 Å². The van der Waals surface area contributed by atoms with Gasteiger partial charge in [-0.1, -0.05) is 17.7 Å². The Morgan fingerprint density at radius 1 is 1.47 bits per heavy atom. The summed E-state index contributed by atoms with van der Waals surface area (Å²) in [6.07, 6.45) is 1.93. The minimum absolute atomic E-state index is 0.0317. The van der Waals surface area contributed by atoms with E-state index < -0.39 is 5.97 Å². The number of aliphatic carboxylic acids is 1. The zero-order valence-corrected chi connectivity index (χ0v) is 11.4. The number of carboxylic acids is 1. The van der Waals surface area contributed by atoms with Gasteiger partial charge in [-0.3, -0.25) is 9.59 Å². The first-order valence-corrected chi connectivity index (χ1v) is 6.64. The van der Waals surface area contributed by atoms with E-state index in [4.69, 9.17) is 16.7 Å². The van der Waals surface area contributed by atoms with Gasteiger partial charge in [0.15, 0.2) is 0 Å². The average Bonchev–Trinajstić information content (AvgIpc) is 3.15. The van der Waals surface area contributed by atoms with Crippen LogP contribution in [0.5, 0.6) is 0 Å². The van der Waals surface area contributed by atoms with Crippen molar-refractivity contribution in [2.45, 2.75) is 32.2 Å². The second kappa shape index (κ2) is 5.61. The largest absolute Gasteiger partial charge is 0.481 e. The van der Waals surface area contributed by atoms with Crippen LogP contribution in [0.3, 0.4) is 0 Å². The van der Waals surface area contributed by atoms with Gasteiger partial charge < -0.3 is 10.4 Å². The molecular formula is C14H16ClNO3. The number of rotatable bonds is 5. The summed E-state index contributed by atoms with van der Waals surface area (Å²) in [4.78, 5) is 22.9. The number of benzene rings is 1. The lowest BCUT2D eigenvalue weighted by Crippen LogP contribution is -2.38. The topological polar surface area (TPSA) is 66.4 Å². The van der Waals surface area contributed by atoms with E-state index in [2.05, 4.69) is 5.32 Å². The summed E-state index contributed by atoms with van der Waals surface area (Å²) in [6.45, 7) is 1.86. The third kappa shape index (κ3) is 3.70. The number of hydrogen-bond acceptors (Lipinski definition) is 2. The predicted molar refractivity (Wildman–Crippen MR) is 72.4 cm³/mol. The highest BCUT2D eigenvalue weighted by atomic mass is 35.5. The number of hydrogen-bond donors (Lipinski definition) is 2. The van der Waals surface area contributed by atoms with Crippen LogP contribution in [-0.2, 0) is 4.79 Å². The fourth-order valence-electron chi connectivity index (χ4n) is 2.01. The molecule has 0 saturated heterocycles. The van der Waals surface area contributed by atoms with Crippen molar-refractivity contribution in [2.75, 3.05) is 0 Å². The van der Waals surface area contributed by atoms with E-state index >= 15 is 0 Å². The van der Waals surface area contributed by atoms with Crippen LogP contribution in [0.2, 0.25) is 5.02 Å². The van der Waals surface area contributed by atoms with Gasteiger partial charge in [0.25, 0.3) is 5.91 Å². The smallest absolute Gasteiger partial charge is 0.305 e. The fraction of sp³-hybridized carbons (Fsp3) is 0.429. The first kappa shape index (κ1) is 13.9. The summed E-state index contributed by atoms with van der Waals surface area (Å²) in [7, 11) is 0. The molecule has 5 heteroatoms. The molecule has 102 valence electrons. The zero-order valence-electron chi connectivity index (χ0n) is 10.6. The molecule has 1 fully saturated rings. The number of carboxylic acid groups (broad SMARTS) is 1. The van der Waals surface area contributed by atoms with Crippen molar-refractivity contribution in [2.24, 2.45) is 5.92 Å². The number of carbonyl (C=O) groups is 2. The van der Waals surface area contributed by atoms with Crippen molar-refractivity contribution in [3.63, 3.8) is 0 Å². The second-order valence-electron chi connectivity index (χ2n) is 4.98. The number of nitrogens with one attached hydrogen (secondary N) is 1. The maximum absolute atomic E-state index is 12.1. The third-order valence-electron chi connectivity index (χ3n) is 3.34. The number of amides is 1. The Morgan fingerprint density at radius 2 is 2.16 bits per heavy atom. The Bertz CT molecular complexity index is 511. The lowest BCUT2D eigenvalue weighted by atomic mass is 10.1. The minimum Gasteiger partial charge on any atom is -0.481 e. The van der Waals surface area contributed by atoms with E-state index in [1.54, 1.807) is 18.2 Å². The molecule has 1 amide bonds. The van der Waals surface area contributed by atoms with Crippen LogP contribution in [0.25, 0.3) is 0 Å². The van der Waals surface area contributed by atoms with Gasteiger partial charge >= 0.3 is 5.97 Å². The number of aryl methyl sites for hydroxylation is 1. The molecule has 0 aliphatic heterocycles. The van der Waals surface area contributed by atoms with Crippen LogP contribution in [0.4, 0.5) is 0 Å². The van der Waals surface area contributed by atoms with E-state index in [0.29, 0.717) is 16.5 Å². The molecule has 0 bridgehead atoms. The summed E-state index contributed by atoms with van der Waals surface area (Å²) in [5.74, 6) is -0.861. The summed E-state index contributed by atoms with van der Waals surface area (Å²) in [5.41, 5.74) is 1.37. The van der Waals surface area contributed by atoms with Crippen molar-refractivity contribution in [3.8, 4) is 0 Å². The molecule has 1 saturated carbocycles. The van der Waals surface area contributed by atoms with Crippen LogP contribution in [0, 0.1) is 12.8 Å². The maximum atomic E-state index is 12.1. The first-order valence-electron chi connectivity index (χ1n) is 6.26. The quantitative estimate of drug-likeness (QED) is 0.872. The third-order valence-corrected chi connectivity index (χ3v) is 3.74. The molecule has 1 atom stereocenters. The van der Waals surface area contributed by atoms with Crippen LogP contribution in [-0.4, -0.2) is 23.0 Å². The number of halogens is 1.